The van der Waals surface area contributed by atoms with Gasteiger partial charge in [0.05, 0.1) is 19.8 Å². The van der Waals surface area contributed by atoms with Crippen LogP contribution in [0.4, 0.5) is 0 Å². The molecule has 0 heterocycles. The van der Waals surface area contributed by atoms with E-state index in [-0.39, 0.29) is 18.6 Å². The molecule has 106 valence electrons. The van der Waals surface area contributed by atoms with Crippen LogP contribution in [0.3, 0.4) is 0 Å². The Balaban J connectivity index is 2.76. The Bertz CT molecular complexity index is 414. The second-order valence-electron chi connectivity index (χ2n) is 4.32. The third-order valence-corrected chi connectivity index (χ3v) is 2.85. The summed E-state index contributed by atoms with van der Waals surface area (Å²) in [6, 6.07) is 5.09. The molecule has 0 bridgehead atoms. The first-order valence-corrected chi connectivity index (χ1v) is 6.17. The smallest absolute Gasteiger partial charge is 0.251 e. The Morgan fingerprint density at radius 2 is 2.16 bits per heavy atom. The monoisotopic (exact) mass is 267 g/mol. The van der Waals surface area contributed by atoms with Crippen molar-refractivity contribution in [2.45, 2.75) is 19.4 Å². The summed E-state index contributed by atoms with van der Waals surface area (Å²) in [5.74, 6) is 0.479. The lowest BCUT2D eigenvalue weighted by Crippen LogP contribution is -2.38. The molecule has 0 aromatic heterocycles. The summed E-state index contributed by atoms with van der Waals surface area (Å²) in [5, 5.41) is 11.8. The lowest BCUT2D eigenvalue weighted by Gasteiger charge is -2.17. The number of nitrogens with one attached hydrogen (secondary N) is 1. The number of carbonyl (C=O) groups is 1. The molecule has 5 nitrogen and oxygen atoms in total. The van der Waals surface area contributed by atoms with Crippen molar-refractivity contribution >= 4 is 5.91 Å². The summed E-state index contributed by atoms with van der Waals surface area (Å²) < 4.78 is 10.2. The zero-order valence-corrected chi connectivity index (χ0v) is 11.6. The van der Waals surface area contributed by atoms with E-state index in [1.807, 2.05) is 13.0 Å². The van der Waals surface area contributed by atoms with Crippen LogP contribution in [-0.2, 0) is 4.74 Å². The molecule has 1 amide bonds. The van der Waals surface area contributed by atoms with Gasteiger partial charge in [-0.3, -0.25) is 4.79 Å². The van der Waals surface area contributed by atoms with Crippen LogP contribution in [0.15, 0.2) is 18.2 Å². The van der Waals surface area contributed by atoms with Crippen LogP contribution >= 0.6 is 0 Å². The van der Waals surface area contributed by atoms with Gasteiger partial charge in [-0.2, -0.15) is 0 Å². The number of amides is 1. The molecule has 0 fully saturated rings. The van der Waals surface area contributed by atoms with Crippen molar-refractivity contribution in [3.63, 3.8) is 0 Å². The Morgan fingerprint density at radius 1 is 1.42 bits per heavy atom. The van der Waals surface area contributed by atoms with Crippen molar-refractivity contribution in [2.75, 3.05) is 27.4 Å². The second kappa shape index (κ2) is 7.76. The van der Waals surface area contributed by atoms with Crippen molar-refractivity contribution < 1.29 is 19.4 Å². The minimum absolute atomic E-state index is 0.00548. The molecule has 0 saturated carbocycles. The van der Waals surface area contributed by atoms with Gasteiger partial charge in [-0.1, -0.05) is 6.07 Å². The van der Waals surface area contributed by atoms with Crippen LogP contribution in [0, 0.1) is 6.92 Å². The zero-order valence-electron chi connectivity index (χ0n) is 11.6. The fourth-order valence-corrected chi connectivity index (χ4v) is 1.78. The number of hydrogen-bond donors (Lipinski definition) is 2. The molecule has 0 radical (unpaired) electrons. The van der Waals surface area contributed by atoms with Gasteiger partial charge in [-0.05, 0) is 31.0 Å². The number of aliphatic hydroxyl groups excluding tert-OH is 1. The molecule has 0 aliphatic heterocycles. The number of rotatable bonds is 7. The first-order chi connectivity index (χ1) is 9.12. The number of ether oxygens (including phenoxy) is 2. The first-order valence-electron chi connectivity index (χ1n) is 6.17. The average Bonchev–Trinajstić information content (AvgIpc) is 2.39. The lowest BCUT2D eigenvalue weighted by atomic mass is 10.1. The maximum absolute atomic E-state index is 12.1. The summed E-state index contributed by atoms with van der Waals surface area (Å²) in [5.41, 5.74) is 1.50. The van der Waals surface area contributed by atoms with Crippen LogP contribution in [-0.4, -0.2) is 44.5 Å². The highest BCUT2D eigenvalue weighted by Gasteiger charge is 2.14. The molecule has 0 aliphatic carbocycles. The van der Waals surface area contributed by atoms with Gasteiger partial charge in [0.25, 0.3) is 5.91 Å². The van der Waals surface area contributed by atoms with Gasteiger partial charge in [0.15, 0.2) is 0 Å². The second-order valence-corrected chi connectivity index (χ2v) is 4.32. The minimum atomic E-state index is -0.200. The summed E-state index contributed by atoms with van der Waals surface area (Å²) in [6.45, 7) is 2.29. The highest BCUT2D eigenvalue weighted by atomic mass is 16.5. The van der Waals surface area contributed by atoms with Crippen LogP contribution in [0.2, 0.25) is 0 Å². The Morgan fingerprint density at radius 3 is 2.74 bits per heavy atom. The summed E-state index contributed by atoms with van der Waals surface area (Å²) in [4.78, 5) is 12.1. The summed E-state index contributed by atoms with van der Waals surface area (Å²) >= 11 is 0. The van der Waals surface area contributed by atoms with E-state index in [1.54, 1.807) is 26.4 Å². The van der Waals surface area contributed by atoms with Gasteiger partial charge in [-0.15, -0.1) is 0 Å². The van der Waals surface area contributed by atoms with E-state index in [4.69, 9.17) is 14.6 Å². The third-order valence-electron chi connectivity index (χ3n) is 2.85. The van der Waals surface area contributed by atoms with Crippen molar-refractivity contribution in [2.24, 2.45) is 0 Å². The molecule has 0 aliphatic rings. The number of aliphatic hydroxyl groups is 1. The topological polar surface area (TPSA) is 67.8 Å². The van der Waals surface area contributed by atoms with Crippen LogP contribution in [0.5, 0.6) is 5.75 Å². The van der Waals surface area contributed by atoms with Gasteiger partial charge in [0.1, 0.15) is 5.75 Å². The van der Waals surface area contributed by atoms with E-state index in [2.05, 4.69) is 5.32 Å². The standard InChI is InChI=1S/C14H21NO4/c1-10-4-5-11(8-13(10)19-3)14(17)15-12(6-7-16)9-18-2/h4-5,8,12,16H,6-7,9H2,1-3H3,(H,15,17). The molecule has 0 spiro atoms. The number of carbonyl (C=O) groups excluding carboxylic acids is 1. The number of hydrogen-bond acceptors (Lipinski definition) is 4. The van der Waals surface area contributed by atoms with Crippen LogP contribution < -0.4 is 10.1 Å². The predicted octanol–water partition coefficient (Wildman–Crippen LogP) is 1.13. The first kappa shape index (κ1) is 15.5. The molecule has 0 saturated heterocycles. The maximum Gasteiger partial charge on any atom is 0.251 e. The molecule has 1 atom stereocenters. The van der Waals surface area contributed by atoms with Gasteiger partial charge in [0, 0.05) is 19.3 Å². The Labute approximate surface area is 113 Å². The highest BCUT2D eigenvalue weighted by Crippen LogP contribution is 2.18. The van der Waals surface area contributed by atoms with Crippen LogP contribution in [0.25, 0.3) is 0 Å². The zero-order chi connectivity index (χ0) is 14.3. The van der Waals surface area contributed by atoms with Crippen molar-refractivity contribution in [3.8, 4) is 5.75 Å². The molecule has 19 heavy (non-hydrogen) atoms. The largest absolute Gasteiger partial charge is 0.496 e. The molecular formula is C14H21NO4. The van der Waals surface area contributed by atoms with E-state index < -0.39 is 0 Å². The average molecular weight is 267 g/mol. The van der Waals surface area contributed by atoms with Crippen molar-refractivity contribution in [3.05, 3.63) is 29.3 Å². The van der Waals surface area contributed by atoms with E-state index in [0.717, 1.165) is 5.56 Å². The van der Waals surface area contributed by atoms with Crippen LogP contribution in [0.1, 0.15) is 22.3 Å². The van der Waals surface area contributed by atoms with E-state index in [9.17, 15) is 4.79 Å². The molecular weight excluding hydrogens is 246 g/mol. The Kier molecular flexibility index (Phi) is 6.32. The normalized spacial score (nSPS) is 12.0. The Hall–Kier alpha value is -1.59. The molecule has 2 N–H and O–H groups in total. The van der Waals surface area contributed by atoms with E-state index in [0.29, 0.717) is 24.3 Å². The third kappa shape index (κ3) is 4.54. The molecule has 1 aromatic rings. The van der Waals surface area contributed by atoms with E-state index >= 15 is 0 Å². The number of methoxy groups -OCH3 is 2. The van der Waals surface area contributed by atoms with Gasteiger partial charge in [-0.25, -0.2) is 0 Å². The van der Waals surface area contributed by atoms with Crippen molar-refractivity contribution in [1.29, 1.82) is 0 Å². The fourth-order valence-electron chi connectivity index (χ4n) is 1.78. The summed E-state index contributed by atoms with van der Waals surface area (Å²) in [6.07, 6.45) is 0.461. The number of aryl methyl sites for hydroxylation is 1. The lowest BCUT2D eigenvalue weighted by molar-refractivity contribution is 0.0878. The highest BCUT2D eigenvalue weighted by molar-refractivity contribution is 5.94. The molecule has 1 aromatic carbocycles. The predicted molar refractivity (Wildman–Crippen MR) is 72.6 cm³/mol. The minimum Gasteiger partial charge on any atom is -0.496 e. The molecule has 1 unspecified atom stereocenters. The molecule has 1 rings (SSSR count). The van der Waals surface area contributed by atoms with Gasteiger partial charge < -0.3 is 19.9 Å². The molecule has 5 heteroatoms. The SMILES string of the molecule is COCC(CCO)NC(=O)c1ccc(C)c(OC)c1. The van der Waals surface area contributed by atoms with Gasteiger partial charge >= 0.3 is 0 Å². The van der Waals surface area contributed by atoms with Gasteiger partial charge in [0.2, 0.25) is 0 Å². The summed E-state index contributed by atoms with van der Waals surface area (Å²) in [7, 11) is 3.13. The maximum atomic E-state index is 12.1. The number of benzene rings is 1. The quantitative estimate of drug-likeness (QED) is 0.777. The fraction of sp³-hybridized carbons (Fsp3) is 0.500. The van der Waals surface area contributed by atoms with Crippen molar-refractivity contribution in [1.82, 2.24) is 5.32 Å². The van der Waals surface area contributed by atoms with E-state index in [1.165, 1.54) is 0 Å².